The number of ether oxygens (including phenoxy) is 1. The molecule has 30 heavy (non-hydrogen) atoms. The summed E-state index contributed by atoms with van der Waals surface area (Å²) in [5.74, 6) is 0.883. The van der Waals surface area contributed by atoms with Crippen molar-refractivity contribution >= 4 is 11.8 Å². The van der Waals surface area contributed by atoms with E-state index in [1.807, 2.05) is 12.1 Å². The van der Waals surface area contributed by atoms with E-state index in [4.69, 9.17) is 9.72 Å². The molecule has 2 heterocycles. The minimum absolute atomic E-state index is 0.421. The van der Waals surface area contributed by atoms with Crippen molar-refractivity contribution < 1.29 is 4.74 Å². The lowest BCUT2D eigenvalue weighted by Gasteiger charge is -2.41. The topological polar surface area (TPSA) is 28.6 Å². The van der Waals surface area contributed by atoms with Gasteiger partial charge in [0.15, 0.2) is 0 Å². The lowest BCUT2D eigenvalue weighted by atomic mass is 10.0. The van der Waals surface area contributed by atoms with E-state index in [0.29, 0.717) is 6.04 Å². The van der Waals surface area contributed by atoms with Gasteiger partial charge in [0.25, 0.3) is 0 Å². The molecular formula is C25H35N3OS. The summed E-state index contributed by atoms with van der Waals surface area (Å²) in [5, 5.41) is 1.03. The van der Waals surface area contributed by atoms with Crippen LogP contribution in [0.15, 0.2) is 52.5 Å². The van der Waals surface area contributed by atoms with Gasteiger partial charge in [0.05, 0.1) is 7.11 Å². The molecule has 2 aromatic rings. The molecule has 0 radical (unpaired) electrons. The maximum atomic E-state index is 5.32. The van der Waals surface area contributed by atoms with Gasteiger partial charge < -0.3 is 4.74 Å². The Kier molecular flexibility index (Phi) is 7.69. The monoisotopic (exact) mass is 425 g/mol. The molecule has 1 aliphatic heterocycles. The third-order valence-electron chi connectivity index (χ3n) is 6.74. The van der Waals surface area contributed by atoms with Crippen LogP contribution in [0.4, 0.5) is 0 Å². The van der Waals surface area contributed by atoms with Gasteiger partial charge in [0.2, 0.25) is 0 Å². The van der Waals surface area contributed by atoms with Gasteiger partial charge in [0, 0.05) is 49.4 Å². The summed E-state index contributed by atoms with van der Waals surface area (Å²) in [5.41, 5.74) is 1.31. The van der Waals surface area contributed by atoms with Gasteiger partial charge in [-0.2, -0.15) is 0 Å². The summed E-state index contributed by atoms with van der Waals surface area (Å²) in [4.78, 5) is 11.3. The van der Waals surface area contributed by atoms with Gasteiger partial charge in [-0.1, -0.05) is 49.6 Å². The van der Waals surface area contributed by atoms with Crippen LogP contribution in [-0.2, 0) is 0 Å². The summed E-state index contributed by atoms with van der Waals surface area (Å²) in [7, 11) is 1.70. The fraction of sp³-hybridized carbons (Fsp3) is 0.560. The van der Waals surface area contributed by atoms with Crippen LogP contribution in [0.1, 0.15) is 57.1 Å². The molecule has 4 nitrogen and oxygen atoms in total. The third kappa shape index (κ3) is 5.57. The van der Waals surface area contributed by atoms with Gasteiger partial charge in [-0.25, -0.2) is 4.98 Å². The lowest BCUT2D eigenvalue weighted by Crippen LogP contribution is -2.50. The van der Waals surface area contributed by atoms with Gasteiger partial charge in [-0.15, -0.1) is 0 Å². The van der Waals surface area contributed by atoms with Crippen molar-refractivity contribution in [2.75, 3.05) is 33.3 Å². The van der Waals surface area contributed by atoms with Crippen molar-refractivity contribution in [3.05, 3.63) is 48.2 Å². The second kappa shape index (κ2) is 10.7. The highest BCUT2D eigenvalue weighted by Gasteiger charge is 2.27. The number of rotatable bonds is 6. The first-order valence-electron chi connectivity index (χ1n) is 11.5. The zero-order valence-electron chi connectivity index (χ0n) is 18.4. The first-order chi connectivity index (χ1) is 14.7. The van der Waals surface area contributed by atoms with E-state index >= 15 is 0 Å². The average molecular weight is 426 g/mol. The highest BCUT2D eigenvalue weighted by Crippen LogP contribution is 2.30. The summed E-state index contributed by atoms with van der Waals surface area (Å²) in [6.45, 7) is 7.08. The Bertz CT molecular complexity index is 781. The van der Waals surface area contributed by atoms with E-state index in [-0.39, 0.29) is 0 Å². The first-order valence-corrected chi connectivity index (χ1v) is 12.3. The van der Waals surface area contributed by atoms with Crippen LogP contribution in [-0.4, -0.2) is 54.1 Å². The molecule has 0 spiro atoms. The number of nitrogens with zero attached hydrogens (tertiary/aromatic N) is 3. The van der Waals surface area contributed by atoms with Crippen molar-refractivity contribution in [1.29, 1.82) is 0 Å². The van der Waals surface area contributed by atoms with Crippen LogP contribution in [0.5, 0.6) is 5.75 Å². The second-order valence-electron chi connectivity index (χ2n) is 8.60. The average Bonchev–Trinajstić information content (AvgIpc) is 3.09. The van der Waals surface area contributed by atoms with Crippen LogP contribution in [0.25, 0.3) is 0 Å². The standard InChI is InChI=1S/C25H35N3OS/c1-20(27-14-16-28(17-15-27)22-8-5-3-4-6-9-22)21-12-13-25(26-19-21)30-24-11-7-10-23(18-24)29-2/h7,10-13,18-20,22H,3-6,8-9,14-17H2,1-2H3. The predicted octanol–water partition coefficient (Wildman–Crippen LogP) is 5.64. The molecule has 1 aliphatic carbocycles. The van der Waals surface area contributed by atoms with E-state index in [1.165, 1.54) is 57.2 Å². The highest BCUT2D eigenvalue weighted by molar-refractivity contribution is 7.99. The number of pyridine rings is 1. The molecule has 5 heteroatoms. The molecule has 1 saturated heterocycles. The van der Waals surface area contributed by atoms with Crippen LogP contribution in [0, 0.1) is 0 Å². The van der Waals surface area contributed by atoms with Gasteiger partial charge in [0.1, 0.15) is 10.8 Å². The summed E-state index contributed by atoms with van der Waals surface area (Å²) < 4.78 is 5.32. The largest absolute Gasteiger partial charge is 0.497 e. The molecule has 1 unspecified atom stereocenters. The molecule has 1 atom stereocenters. The summed E-state index contributed by atoms with van der Waals surface area (Å²) >= 11 is 1.68. The molecule has 2 aliphatic rings. The van der Waals surface area contributed by atoms with Gasteiger partial charge in [-0.3, -0.25) is 9.80 Å². The Labute approximate surface area is 186 Å². The normalized spacial score (nSPS) is 20.6. The zero-order chi connectivity index (χ0) is 20.8. The number of hydrogen-bond donors (Lipinski definition) is 0. The highest BCUT2D eigenvalue weighted by atomic mass is 32.2. The maximum Gasteiger partial charge on any atom is 0.119 e. The molecule has 162 valence electrons. The summed E-state index contributed by atoms with van der Waals surface area (Å²) in [6.07, 6.45) is 10.6. The van der Waals surface area contributed by atoms with E-state index < -0.39 is 0 Å². The number of benzene rings is 1. The molecular weight excluding hydrogens is 390 g/mol. The summed E-state index contributed by atoms with van der Waals surface area (Å²) in [6, 6.07) is 13.8. The first kappa shape index (κ1) is 21.7. The van der Waals surface area contributed by atoms with Crippen molar-refractivity contribution in [3.8, 4) is 5.75 Å². The SMILES string of the molecule is COc1cccc(Sc2ccc(C(C)N3CCN(C4CCCCCC4)CC3)cn2)c1. The Balaban J connectivity index is 1.31. The van der Waals surface area contributed by atoms with Crippen molar-refractivity contribution in [2.24, 2.45) is 0 Å². The predicted molar refractivity (Wildman–Crippen MR) is 124 cm³/mol. The number of aromatic nitrogens is 1. The number of hydrogen-bond acceptors (Lipinski definition) is 5. The van der Waals surface area contributed by atoms with Crippen molar-refractivity contribution in [1.82, 2.24) is 14.8 Å². The molecule has 1 aromatic carbocycles. The van der Waals surface area contributed by atoms with Crippen LogP contribution >= 0.6 is 11.8 Å². The van der Waals surface area contributed by atoms with Gasteiger partial charge in [-0.05, 0) is 49.6 Å². The van der Waals surface area contributed by atoms with Crippen LogP contribution < -0.4 is 4.74 Å². The minimum atomic E-state index is 0.421. The number of methoxy groups -OCH3 is 1. The fourth-order valence-electron chi connectivity index (χ4n) is 4.81. The van der Waals surface area contributed by atoms with E-state index in [9.17, 15) is 0 Å². The van der Waals surface area contributed by atoms with Crippen molar-refractivity contribution in [3.63, 3.8) is 0 Å². The number of piperazine rings is 1. The molecule has 0 bridgehead atoms. The van der Waals surface area contributed by atoms with Crippen LogP contribution in [0.2, 0.25) is 0 Å². The van der Waals surface area contributed by atoms with E-state index in [0.717, 1.165) is 34.8 Å². The lowest BCUT2D eigenvalue weighted by molar-refractivity contribution is 0.0680. The maximum absolute atomic E-state index is 5.32. The Morgan fingerprint density at radius 2 is 1.77 bits per heavy atom. The molecule has 1 aromatic heterocycles. The molecule has 0 amide bonds. The molecule has 0 N–H and O–H groups in total. The van der Waals surface area contributed by atoms with E-state index in [1.54, 1.807) is 18.9 Å². The van der Waals surface area contributed by atoms with Crippen molar-refractivity contribution in [2.45, 2.75) is 67.5 Å². The zero-order valence-corrected chi connectivity index (χ0v) is 19.2. The van der Waals surface area contributed by atoms with Crippen LogP contribution in [0.3, 0.4) is 0 Å². The minimum Gasteiger partial charge on any atom is -0.497 e. The molecule has 4 rings (SSSR count). The smallest absolute Gasteiger partial charge is 0.119 e. The molecule has 1 saturated carbocycles. The third-order valence-corrected chi connectivity index (χ3v) is 7.68. The van der Waals surface area contributed by atoms with E-state index in [2.05, 4.69) is 47.2 Å². The molecule has 2 fully saturated rings. The Morgan fingerprint density at radius 1 is 1.00 bits per heavy atom. The quantitative estimate of drug-likeness (QED) is 0.558. The second-order valence-corrected chi connectivity index (χ2v) is 9.70. The fourth-order valence-corrected chi connectivity index (χ4v) is 5.61. The van der Waals surface area contributed by atoms with Gasteiger partial charge >= 0.3 is 0 Å². The Morgan fingerprint density at radius 3 is 2.43 bits per heavy atom. The Hall–Kier alpha value is -1.56.